The van der Waals surface area contributed by atoms with E-state index in [1.165, 1.54) is 12.8 Å². The molecule has 5 aromatic carbocycles. The van der Waals surface area contributed by atoms with Gasteiger partial charge in [-0.2, -0.15) is 0 Å². The van der Waals surface area contributed by atoms with Crippen LogP contribution in [-0.2, 0) is 9.47 Å². The van der Waals surface area contributed by atoms with Crippen LogP contribution in [0.3, 0.4) is 0 Å². The third kappa shape index (κ3) is 5.61. The van der Waals surface area contributed by atoms with Gasteiger partial charge in [0, 0.05) is 34.0 Å². The highest BCUT2D eigenvalue weighted by molar-refractivity contribution is 6.38. The van der Waals surface area contributed by atoms with Gasteiger partial charge in [-0.05, 0) is 96.1 Å². The van der Waals surface area contributed by atoms with Gasteiger partial charge in [-0.1, -0.05) is 62.8 Å². The Labute approximate surface area is 279 Å². The minimum Gasteiger partial charge on any atom is -0.462 e. The normalized spacial score (nSPS) is 16.0. The van der Waals surface area contributed by atoms with Crippen LogP contribution < -0.4 is 10.6 Å². The number of rotatable bonds is 8. The van der Waals surface area contributed by atoms with Crippen molar-refractivity contribution in [3.8, 4) is 0 Å². The van der Waals surface area contributed by atoms with E-state index >= 15 is 0 Å². The number of hydrogen-bond donors (Lipinski definition) is 2. The highest BCUT2D eigenvalue weighted by Gasteiger charge is 2.28. The molecule has 0 aliphatic heterocycles. The molecule has 48 heavy (non-hydrogen) atoms. The van der Waals surface area contributed by atoms with Crippen LogP contribution >= 0.6 is 0 Å². The second-order valence-corrected chi connectivity index (χ2v) is 13.2. The first-order valence-corrected chi connectivity index (χ1v) is 17.6. The lowest BCUT2D eigenvalue weighted by Gasteiger charge is -2.25. The Morgan fingerprint density at radius 3 is 1.17 bits per heavy atom. The number of amides is 2. The van der Waals surface area contributed by atoms with Crippen molar-refractivity contribution in [1.29, 1.82) is 0 Å². The summed E-state index contributed by atoms with van der Waals surface area (Å²) in [6, 6.07) is 14.8. The molecule has 2 fully saturated rings. The van der Waals surface area contributed by atoms with Gasteiger partial charge in [0.15, 0.2) is 0 Å². The molecule has 2 amide bonds. The maximum absolute atomic E-state index is 13.9. The lowest BCUT2D eigenvalue weighted by Crippen LogP contribution is -2.36. The summed E-state index contributed by atoms with van der Waals surface area (Å²) in [6.07, 6.45) is 10.4. The average molecular weight is 647 g/mol. The Bertz CT molecular complexity index is 1890. The highest BCUT2D eigenvalue weighted by Crippen LogP contribution is 2.44. The van der Waals surface area contributed by atoms with Crippen LogP contribution in [0.1, 0.15) is 119 Å². The third-order valence-electron chi connectivity index (χ3n) is 10.3. The zero-order valence-corrected chi connectivity index (χ0v) is 27.7. The summed E-state index contributed by atoms with van der Waals surface area (Å²) >= 11 is 0. The molecule has 0 radical (unpaired) electrons. The molecule has 2 saturated carbocycles. The molecule has 8 nitrogen and oxygen atoms in total. The second-order valence-electron chi connectivity index (χ2n) is 13.2. The van der Waals surface area contributed by atoms with Crippen molar-refractivity contribution in [2.45, 2.75) is 90.1 Å². The highest BCUT2D eigenvalue weighted by atomic mass is 16.5. The Morgan fingerprint density at radius 1 is 0.500 bits per heavy atom. The zero-order valence-electron chi connectivity index (χ0n) is 27.7. The minimum absolute atomic E-state index is 0.0945. The van der Waals surface area contributed by atoms with Crippen molar-refractivity contribution in [3.63, 3.8) is 0 Å². The van der Waals surface area contributed by atoms with E-state index in [4.69, 9.17) is 9.47 Å². The smallest absolute Gasteiger partial charge is 0.338 e. The molecule has 0 bridgehead atoms. The first-order chi connectivity index (χ1) is 23.4. The predicted molar refractivity (Wildman–Crippen MR) is 188 cm³/mol. The minimum atomic E-state index is -0.490. The van der Waals surface area contributed by atoms with Gasteiger partial charge in [0.2, 0.25) is 0 Å². The molecule has 0 aromatic heterocycles. The summed E-state index contributed by atoms with van der Waals surface area (Å²) in [5, 5.41) is 12.4. The van der Waals surface area contributed by atoms with Crippen molar-refractivity contribution in [2.75, 3.05) is 13.2 Å². The quantitative estimate of drug-likeness (QED) is 0.0999. The van der Waals surface area contributed by atoms with E-state index in [2.05, 4.69) is 10.6 Å². The molecule has 0 atom stereocenters. The average Bonchev–Trinajstić information content (AvgIpc) is 3.10. The van der Waals surface area contributed by atoms with Crippen molar-refractivity contribution < 1.29 is 28.7 Å². The topological polar surface area (TPSA) is 111 Å². The van der Waals surface area contributed by atoms with E-state index in [0.717, 1.165) is 83.7 Å². The number of carbonyl (C=O) groups is 4. The molecule has 0 unspecified atom stereocenters. The lowest BCUT2D eigenvalue weighted by atomic mass is 9.84. The maximum atomic E-state index is 13.9. The Balaban J connectivity index is 1.49. The van der Waals surface area contributed by atoms with Crippen LogP contribution in [0.4, 0.5) is 0 Å². The van der Waals surface area contributed by atoms with Crippen molar-refractivity contribution in [3.05, 3.63) is 70.8 Å². The monoisotopic (exact) mass is 646 g/mol. The predicted octanol–water partition coefficient (Wildman–Crippen LogP) is 8.22. The number of hydrogen-bond acceptors (Lipinski definition) is 6. The van der Waals surface area contributed by atoms with Gasteiger partial charge in [0.25, 0.3) is 11.8 Å². The summed E-state index contributed by atoms with van der Waals surface area (Å²) < 4.78 is 11.0. The zero-order chi connectivity index (χ0) is 33.4. The number of carbonyl (C=O) groups excluding carboxylic acids is 4. The van der Waals surface area contributed by atoms with Crippen LogP contribution in [-0.4, -0.2) is 49.1 Å². The van der Waals surface area contributed by atoms with E-state index in [-0.39, 0.29) is 37.1 Å². The van der Waals surface area contributed by atoms with Gasteiger partial charge in [-0.15, -0.1) is 0 Å². The van der Waals surface area contributed by atoms with E-state index in [9.17, 15) is 19.2 Å². The Kier molecular flexibility index (Phi) is 8.90. The first kappa shape index (κ1) is 31.9. The first-order valence-electron chi connectivity index (χ1n) is 17.6. The largest absolute Gasteiger partial charge is 0.462 e. The molecule has 0 saturated heterocycles. The standard InChI is InChI=1S/C40H42N2O6/c1-3-47-39(45)31-21-17-27-26-16-20-30(38(44)42-24-13-9-6-10-14-24)36-32(40(46)48-4-2)22-18-28(34(26)36)25-15-19-29(35(31)33(25)27)37(43)41-23-11-7-5-8-12-23/h15-24H,3-14H2,1-2H3,(H,41,43)(H,42,44). The number of ether oxygens (including phenoxy) is 2. The third-order valence-corrected chi connectivity index (χ3v) is 10.3. The Hall–Kier alpha value is -4.72. The molecule has 7 rings (SSSR count). The number of fused-ring (bicyclic) bond motifs is 2. The van der Waals surface area contributed by atoms with Crippen molar-refractivity contribution >= 4 is 66.8 Å². The van der Waals surface area contributed by atoms with Crippen molar-refractivity contribution in [1.82, 2.24) is 10.6 Å². The number of esters is 2. The molecule has 5 aromatic rings. The van der Waals surface area contributed by atoms with Gasteiger partial charge in [-0.3, -0.25) is 9.59 Å². The van der Waals surface area contributed by atoms with E-state index in [0.29, 0.717) is 33.0 Å². The molecular formula is C40H42N2O6. The van der Waals surface area contributed by atoms with E-state index in [1.54, 1.807) is 38.1 Å². The summed E-state index contributed by atoms with van der Waals surface area (Å²) in [5.41, 5.74) is 1.52. The molecule has 0 heterocycles. The molecule has 248 valence electrons. The molecule has 2 N–H and O–H groups in total. The summed E-state index contributed by atoms with van der Waals surface area (Å²) in [5.74, 6) is -1.40. The second kappa shape index (κ2) is 13.4. The van der Waals surface area contributed by atoms with E-state index in [1.807, 2.05) is 24.3 Å². The number of benzene rings is 5. The van der Waals surface area contributed by atoms with E-state index < -0.39 is 11.9 Å². The molecule has 8 heteroatoms. The molecule has 2 aliphatic rings. The fraction of sp³-hybridized carbons (Fsp3) is 0.400. The summed E-state index contributed by atoms with van der Waals surface area (Å²) in [7, 11) is 0. The SMILES string of the molecule is CCOC(=O)c1ccc2c3ccc(C(=O)NC4CCCCC4)c4c(C(=O)OCC)ccc(c5ccc(C(=O)NC6CCCCC6)c1c52)c43. The summed E-state index contributed by atoms with van der Waals surface area (Å²) in [4.78, 5) is 54.7. The van der Waals surface area contributed by atoms with Gasteiger partial charge in [0.1, 0.15) is 0 Å². The van der Waals surface area contributed by atoms with Crippen LogP contribution in [0.15, 0.2) is 48.5 Å². The molecule has 2 aliphatic carbocycles. The van der Waals surface area contributed by atoms with Gasteiger partial charge in [-0.25, -0.2) is 9.59 Å². The molecule has 0 spiro atoms. The van der Waals surface area contributed by atoms with Crippen LogP contribution in [0, 0.1) is 0 Å². The maximum Gasteiger partial charge on any atom is 0.338 e. The fourth-order valence-electron chi connectivity index (χ4n) is 8.05. The van der Waals surface area contributed by atoms with Crippen LogP contribution in [0.2, 0.25) is 0 Å². The van der Waals surface area contributed by atoms with Crippen LogP contribution in [0.5, 0.6) is 0 Å². The van der Waals surface area contributed by atoms with Gasteiger partial charge < -0.3 is 20.1 Å². The molecular weight excluding hydrogens is 604 g/mol. The fourth-order valence-corrected chi connectivity index (χ4v) is 8.05. The Morgan fingerprint density at radius 2 is 0.833 bits per heavy atom. The lowest BCUT2D eigenvalue weighted by molar-refractivity contribution is 0.0519. The van der Waals surface area contributed by atoms with Gasteiger partial charge >= 0.3 is 11.9 Å². The van der Waals surface area contributed by atoms with Crippen molar-refractivity contribution in [2.24, 2.45) is 0 Å². The van der Waals surface area contributed by atoms with Crippen LogP contribution in [0.25, 0.3) is 43.1 Å². The number of nitrogens with one attached hydrogen (secondary N) is 2. The van der Waals surface area contributed by atoms with Gasteiger partial charge in [0.05, 0.1) is 24.3 Å². The summed E-state index contributed by atoms with van der Waals surface area (Å²) in [6.45, 7) is 3.94.